The van der Waals surface area contributed by atoms with Gasteiger partial charge in [-0.2, -0.15) is 9.15 Å². The number of nitrogens with two attached hydrogens (primary N) is 1. The fraction of sp³-hybridized carbons (Fsp3) is 0.340. The lowest BCUT2D eigenvalue weighted by atomic mass is 9.81. The van der Waals surface area contributed by atoms with Crippen molar-refractivity contribution >= 4 is 115 Å². The number of benzene rings is 6. The number of anilines is 2. The van der Waals surface area contributed by atoms with E-state index in [4.69, 9.17) is 39.0 Å². The summed E-state index contributed by atoms with van der Waals surface area (Å²) < 4.78 is 8.57. The highest BCUT2D eigenvalue weighted by molar-refractivity contribution is 7.15. The molecule has 0 saturated heterocycles. The highest BCUT2D eigenvalue weighted by Gasteiger charge is 2.46. The van der Waals surface area contributed by atoms with E-state index in [0.29, 0.717) is 34.5 Å². The number of fused-ring (bicyclic) bond motifs is 10. The first kappa shape index (κ1) is 91.5. The van der Waals surface area contributed by atoms with Gasteiger partial charge in [0.1, 0.15) is 47.8 Å². The van der Waals surface area contributed by atoms with Crippen molar-refractivity contribution < 1.29 is 33.4 Å². The van der Waals surface area contributed by atoms with Crippen LogP contribution in [0.2, 0.25) is 10.0 Å². The highest BCUT2D eigenvalue weighted by Crippen LogP contribution is 2.51. The van der Waals surface area contributed by atoms with Gasteiger partial charge in [0.2, 0.25) is 23.2 Å². The molecule has 6 aliphatic heterocycles. The summed E-state index contributed by atoms with van der Waals surface area (Å²) in [4.78, 5) is 66.8. The van der Waals surface area contributed by atoms with Crippen LogP contribution in [0.3, 0.4) is 0 Å². The third kappa shape index (κ3) is 18.8. The summed E-state index contributed by atoms with van der Waals surface area (Å²) in [7, 11) is 4.30. The van der Waals surface area contributed by atoms with Gasteiger partial charge < -0.3 is 20.2 Å². The fourth-order valence-electron chi connectivity index (χ4n) is 18.6. The number of hydrogen-bond donors (Lipinski definition) is 4. The Bertz CT molecular complexity index is 6230. The molecule has 2 amide bonds. The molecule has 2 atom stereocenters. The number of carbonyl (C=O) groups is 4. The van der Waals surface area contributed by atoms with Crippen LogP contribution in [0.5, 0.6) is 0 Å². The lowest BCUT2D eigenvalue weighted by Gasteiger charge is -2.27. The molecule has 6 aromatic carbocycles. The number of halogens is 2. The number of hydrogen-bond acceptors (Lipinski definition) is 15. The number of thiophene rings is 2. The number of hydrazine groups is 1. The number of rotatable bonds is 26. The van der Waals surface area contributed by atoms with Crippen LogP contribution in [-0.2, 0) is 40.8 Å². The lowest BCUT2D eigenvalue weighted by molar-refractivity contribution is -0.401. The van der Waals surface area contributed by atoms with E-state index in [-0.39, 0.29) is 58.6 Å². The number of aliphatic imine (C=N–C) groups is 2. The van der Waals surface area contributed by atoms with Crippen LogP contribution in [0.15, 0.2) is 228 Å². The number of aliphatic carboxylic acids is 1. The number of Topliss-reactive ketones (excluding diaryl/α,β-unsaturated/α-hetero) is 1. The Hall–Kier alpha value is -11.7. The van der Waals surface area contributed by atoms with E-state index in [1.807, 2.05) is 71.5 Å². The molecule has 0 unspecified atom stereocenters. The van der Waals surface area contributed by atoms with E-state index < -0.39 is 18.1 Å². The second-order valence-electron chi connectivity index (χ2n) is 35.5. The van der Waals surface area contributed by atoms with Crippen LogP contribution in [0.1, 0.15) is 220 Å². The smallest absolute Gasteiger partial charge is 0.306 e. The quantitative estimate of drug-likeness (QED) is 0.00989. The van der Waals surface area contributed by atoms with Crippen molar-refractivity contribution in [1.82, 2.24) is 40.3 Å². The minimum absolute atomic E-state index is 0.0230. The largest absolute Gasteiger partial charge is 0.481 e. The highest BCUT2D eigenvalue weighted by atomic mass is 35.5. The molecule has 10 aromatic rings. The molecular weight excluding hydrogens is 1660 g/mol. The number of carboxylic acids is 1. The number of allylic oxidation sites excluding steroid dienone is 12. The number of nitrogens with one attached hydrogen (secondary N) is 2. The number of carboxylic acid groups (broad SMARTS) is 1. The van der Waals surface area contributed by atoms with Crippen molar-refractivity contribution in [2.75, 3.05) is 43.5 Å². The topological polar surface area (TPSA) is 237 Å². The number of unbranched alkanes of at least 4 members (excludes halogenated alkanes) is 4. The third-order valence-electron chi connectivity index (χ3n) is 25.7. The molecule has 16 rings (SSSR count). The summed E-state index contributed by atoms with van der Waals surface area (Å²) in [5.41, 5.74) is 25.1. The Morgan fingerprint density at radius 2 is 0.874 bits per heavy atom. The van der Waals surface area contributed by atoms with Crippen LogP contribution in [0.25, 0.3) is 10.0 Å². The summed E-state index contributed by atoms with van der Waals surface area (Å²) in [6, 6.07) is 48.6. The van der Waals surface area contributed by atoms with Crippen molar-refractivity contribution in [2.45, 2.75) is 195 Å². The molecule has 0 bridgehead atoms. The molecule has 6 aliphatic rings. The SMILES string of the molecule is C[N+]1=C(C=CC=CC=C2N(CCCCCC(=O)NN)c3ccccc3C2(C)C)C(C)(C)c2ccccc21.Cc1sc2c(c1C)C(c1ccc(Cl)cc1)=N[C@@H](CC(=O)CNC(=O)CCCCCN1C(=CC=CC=CC3=[N+](C)c4ccccc4C3(C)C)C(C)(C)c3ccccc31)c1nnc(C)n1-2.Cc1sc2c(c1C)C(c1ccc(Cl)cc1)=N[C@@H](CC(=O)O)c1nnc(C)n1-2. The van der Waals surface area contributed by atoms with E-state index in [1.54, 1.807) is 22.7 Å². The van der Waals surface area contributed by atoms with Crippen LogP contribution in [0, 0.1) is 41.5 Å². The first-order valence-electron chi connectivity index (χ1n) is 43.7. The maximum atomic E-state index is 13.5. The Morgan fingerprint density at radius 1 is 0.480 bits per heavy atom. The Morgan fingerprint density at radius 3 is 1.28 bits per heavy atom. The molecule has 0 spiro atoms. The van der Waals surface area contributed by atoms with Gasteiger partial charge in [0.25, 0.3) is 0 Å². The Labute approximate surface area is 764 Å². The minimum Gasteiger partial charge on any atom is -0.481 e. The predicted octanol–water partition coefficient (Wildman–Crippen LogP) is 21.2. The van der Waals surface area contributed by atoms with Gasteiger partial charge in [-0.05, 0) is 166 Å². The number of amides is 2. The molecule has 0 saturated carbocycles. The molecule has 0 fully saturated rings. The molecule has 5 N–H and O–H groups in total. The van der Waals surface area contributed by atoms with Gasteiger partial charge in [0.15, 0.2) is 28.9 Å². The van der Waals surface area contributed by atoms with Gasteiger partial charge in [-0.25, -0.2) is 5.84 Å². The maximum absolute atomic E-state index is 13.5. The van der Waals surface area contributed by atoms with Gasteiger partial charge in [-0.1, -0.05) is 197 Å². The van der Waals surface area contributed by atoms with E-state index in [1.165, 1.54) is 77.6 Å². The van der Waals surface area contributed by atoms with Crippen molar-refractivity contribution in [1.29, 1.82) is 0 Å². The van der Waals surface area contributed by atoms with E-state index >= 15 is 0 Å². The van der Waals surface area contributed by atoms with Crippen molar-refractivity contribution in [3.05, 3.63) is 316 Å². The summed E-state index contributed by atoms with van der Waals surface area (Å²) in [5.74, 6) is 6.57. The van der Waals surface area contributed by atoms with Gasteiger partial charge in [0.05, 0.1) is 35.2 Å². The summed E-state index contributed by atoms with van der Waals surface area (Å²) >= 11 is 15.6. The van der Waals surface area contributed by atoms with Crippen LogP contribution >= 0.6 is 45.9 Å². The number of nitrogens with zero attached hydrogens (tertiary/aromatic N) is 12. The van der Waals surface area contributed by atoms with Crippen molar-refractivity contribution in [3.63, 3.8) is 0 Å². The van der Waals surface area contributed by atoms with E-state index in [0.717, 1.165) is 118 Å². The molecule has 656 valence electrons. The molecule has 0 radical (unpaired) electrons. The van der Waals surface area contributed by atoms with Crippen LogP contribution < -0.4 is 26.4 Å². The number of aromatic nitrogens is 6. The van der Waals surface area contributed by atoms with Crippen molar-refractivity contribution in [3.8, 4) is 10.0 Å². The number of para-hydroxylation sites is 4. The average molecular weight is 1780 g/mol. The minimum atomic E-state index is -0.926. The molecule has 20 nitrogen and oxygen atoms in total. The first-order valence-corrected chi connectivity index (χ1v) is 46.1. The Kier molecular flexibility index (Phi) is 27.7. The second kappa shape index (κ2) is 38.5. The maximum Gasteiger partial charge on any atom is 0.306 e. The zero-order chi connectivity index (χ0) is 90.6. The van der Waals surface area contributed by atoms with Crippen LogP contribution in [-0.4, -0.2) is 124 Å². The van der Waals surface area contributed by atoms with E-state index in [9.17, 15) is 24.3 Å². The third-order valence-corrected chi connectivity index (χ3v) is 28.5. The molecule has 4 aromatic heterocycles. The zero-order valence-electron chi connectivity index (χ0n) is 75.6. The van der Waals surface area contributed by atoms with Gasteiger partial charge in [0, 0.05) is 143 Å². The summed E-state index contributed by atoms with van der Waals surface area (Å²) in [6.45, 7) is 32.2. The second-order valence-corrected chi connectivity index (χ2v) is 38.7. The van der Waals surface area contributed by atoms with Gasteiger partial charge >= 0.3 is 5.97 Å². The lowest BCUT2D eigenvalue weighted by Crippen LogP contribution is -2.30. The molecular formula is C103H115Cl2N15O5S2+2. The number of carbonyl (C=O) groups excluding carboxylic acids is 3. The van der Waals surface area contributed by atoms with E-state index in [2.05, 4.69) is 305 Å². The monoisotopic (exact) mass is 1780 g/mol. The zero-order valence-corrected chi connectivity index (χ0v) is 78.7. The van der Waals surface area contributed by atoms with Crippen LogP contribution in [0.4, 0.5) is 22.7 Å². The fourth-order valence-corrected chi connectivity index (χ4v) is 21.3. The van der Waals surface area contributed by atoms with Crippen molar-refractivity contribution in [2.24, 2.45) is 15.8 Å². The summed E-state index contributed by atoms with van der Waals surface area (Å²) in [5, 5.41) is 32.9. The first-order chi connectivity index (χ1) is 60.7. The van der Waals surface area contributed by atoms with Gasteiger partial charge in [-0.15, -0.1) is 43.1 Å². The predicted molar refractivity (Wildman–Crippen MR) is 518 cm³/mol. The number of aryl methyl sites for hydroxylation is 4. The molecule has 127 heavy (non-hydrogen) atoms. The normalized spacial score (nSPS) is 17.7. The molecule has 24 heteroatoms. The molecule has 10 heterocycles. The van der Waals surface area contributed by atoms with Gasteiger partial charge in [-0.3, -0.25) is 43.7 Å². The average Bonchev–Trinajstić information content (AvgIpc) is 1.61. The number of ketones is 1. The molecule has 0 aliphatic carbocycles. The standard InChI is InChI=1S/C52H56ClN7O2S.C32H40N4O.C19H17ClN4O2S/c1-33-34(2)63-50-47(33)48(36-26-28-37(53)29-27-36)55-41(49-57-56-35(3)60(49)50)31-38(61)32-54-46(62)25-13-10-18-30-59-43-22-17-15-20-40(43)52(6,7)45(59)24-12-9-11-23-44-51(4,5)39-19-14-16-21-42(39)58(44)8;1-31(2)24-16-11-13-18-26(24)35(5)28(31)20-8-6-9-21-29-32(3,4)25-17-12-14-19-27(25)36(29)23-15-7-10-22-30(37)34-33;1-9-10(2)27-19-16(9)17(12-4-6-13(20)7-5-12)21-14(8-15(25)26)18-23-22-11(3)24(18)19/h9,11-12,14-17,19-24,26-29,41H,10,13,18,25,30-32H2,1-8H3;6,8-9,11-14,16-21H,7,10,15,22-23,33H2,1-5H3;4-7,14H,8H2,1-3H3,(H,25,26)/p+2/t41-;;14-/m0.0/s1. The Balaban J connectivity index is 0.000000172. The summed E-state index contributed by atoms with van der Waals surface area (Å²) in [6.07, 6.45) is 28.0.